The maximum Gasteiger partial charge on any atom is 1.00 e. The van der Waals surface area contributed by atoms with Crippen LogP contribution < -0.4 is 124 Å². The van der Waals surface area contributed by atoms with E-state index in [4.69, 9.17) is 45.5 Å². The Morgan fingerprint density at radius 1 is 0.861 bits per heavy atom. The molecule has 0 saturated heterocycles. The fourth-order valence-electron chi connectivity index (χ4n) is 5.79. The number of amides is 2. The predicted octanol–water partition coefficient (Wildman–Crippen LogP) is 1.74. The number of benzene rings is 2. The molecule has 0 fully saturated rings. The molecule has 0 radical (unpaired) electrons. The van der Waals surface area contributed by atoms with Gasteiger partial charge in [-0.15, -0.1) is 0 Å². The summed E-state index contributed by atoms with van der Waals surface area (Å²) < 4.78 is 68.5. The summed E-state index contributed by atoms with van der Waals surface area (Å²) in [5, 5.41) is 60.8. The Bertz CT molecular complexity index is 2580. The van der Waals surface area contributed by atoms with E-state index < -0.39 is 30.9 Å². The van der Waals surface area contributed by atoms with E-state index in [-0.39, 0.29) is 168 Å². The van der Waals surface area contributed by atoms with Crippen LogP contribution in [0.2, 0.25) is 0 Å². The van der Waals surface area contributed by atoms with Gasteiger partial charge < -0.3 is 26.3 Å². The van der Waals surface area contributed by atoms with Crippen molar-refractivity contribution in [3.63, 3.8) is 0 Å². The number of rotatable bonds is 20. The van der Waals surface area contributed by atoms with Crippen LogP contribution in [0.4, 0.5) is 22.8 Å². The number of carbonyl (C=O) groups excluding carboxylic acids is 3. The van der Waals surface area contributed by atoms with Crippen molar-refractivity contribution in [3.8, 4) is 17.2 Å². The molecule has 23 nitrogen and oxygen atoms in total. The van der Waals surface area contributed by atoms with E-state index in [1.807, 2.05) is 0 Å². The number of aromatic nitrogens is 6. The van der Waals surface area contributed by atoms with Crippen molar-refractivity contribution in [1.82, 2.24) is 41.0 Å². The first-order valence-corrected chi connectivity index (χ1v) is 22.5. The van der Waals surface area contributed by atoms with Gasteiger partial charge in [-0.3, -0.25) is 35.2 Å². The van der Waals surface area contributed by atoms with Crippen molar-refractivity contribution in [3.05, 3.63) is 90.2 Å². The number of nitrogens with zero attached hydrogens (tertiary/aromatic N) is 7. The standard InChI is InChI=1S/C20H22BrFN6O5.C20H25BrFN5O4.CH3F.CH2O3.2K.H/c1-11(2)31-19(29)24-16(23)7-5-3-4-6-15-17(26-33-25-15)18-27-32-20(30)28(18)12-8-9-14(22)13(21)10-12;1-12(2)30-20(28)24-18(23)7-5-3-4-6-16-19(27-31-26-16)17(25-29)11-13-8-9-15(22)14(21)10-13;1-2;2-1-4-3;;;/h8-11H,3-7H2,1-2H3,(H2,23,24,29);8-10,12,29H,3-7,11H2,1-2H3,(H2,23,24,28);1H3;1,3H;;;/q;;;;2*+1;-1/p-1/b;25-17+;;;;;/i;;1D;;;;. The van der Waals surface area contributed by atoms with Crippen molar-refractivity contribution < 1.29 is 172 Å². The number of unbranched alkanes of at least 4 members (excludes halogenated alkanes) is 4. The molecule has 5 N–H and O–H groups in total. The minimum atomic E-state index is -1.00. The number of amidine groups is 2. The van der Waals surface area contributed by atoms with Crippen molar-refractivity contribution in [2.75, 3.05) is 7.15 Å². The number of alkyl halides is 1. The van der Waals surface area contributed by atoms with Gasteiger partial charge in [0.25, 0.3) is 6.47 Å². The van der Waals surface area contributed by atoms with Gasteiger partial charge >= 0.3 is 121 Å². The Kier molecular flexibility index (Phi) is 35.2. The van der Waals surface area contributed by atoms with Gasteiger partial charge in [0, 0.05) is 19.3 Å². The van der Waals surface area contributed by atoms with Crippen molar-refractivity contribution in [2.45, 2.75) is 111 Å². The molecular formula is C42H52Br2F3K2N11O12. The van der Waals surface area contributed by atoms with Crippen LogP contribution in [0.3, 0.4) is 0 Å². The normalized spacial score (nSPS) is 10.6. The summed E-state index contributed by atoms with van der Waals surface area (Å²) in [6.45, 7) is 6.75. The van der Waals surface area contributed by atoms with Crippen molar-refractivity contribution in [2.24, 2.45) is 5.16 Å². The summed E-state index contributed by atoms with van der Waals surface area (Å²) >= 11 is 6.23. The summed E-state index contributed by atoms with van der Waals surface area (Å²) in [7, 11) is -1.00. The smallest absolute Gasteiger partial charge is 1.00 e. The number of carbonyl (C=O) groups is 3. The molecule has 0 bridgehead atoms. The molecule has 0 aliphatic rings. The molecule has 72 heavy (non-hydrogen) atoms. The molecule has 2 amide bonds. The Morgan fingerprint density at radius 2 is 1.36 bits per heavy atom. The predicted molar refractivity (Wildman–Crippen MR) is 248 cm³/mol. The summed E-state index contributed by atoms with van der Waals surface area (Å²) in [4.78, 5) is 46.4. The third-order valence-electron chi connectivity index (χ3n) is 8.75. The average Bonchev–Trinajstić information content (AvgIpc) is 4.07. The fraction of sp³-hybridized carbons (Fsp3) is 0.429. The topological polar surface area (TPSA) is 332 Å². The van der Waals surface area contributed by atoms with E-state index in [1.54, 1.807) is 39.8 Å². The first-order chi connectivity index (χ1) is 33.9. The van der Waals surface area contributed by atoms with Gasteiger partial charge in [0.15, 0.2) is 11.4 Å². The van der Waals surface area contributed by atoms with Crippen LogP contribution in [0, 0.1) is 22.5 Å². The number of hydrogen-bond donors (Lipinski definition) is 5. The van der Waals surface area contributed by atoms with Gasteiger partial charge in [-0.05, 0) is 144 Å². The quantitative estimate of drug-likeness (QED) is 0.0108. The van der Waals surface area contributed by atoms with E-state index in [9.17, 15) is 32.8 Å². The maximum absolute atomic E-state index is 13.6. The molecule has 0 aliphatic heterocycles. The monoisotopic (exact) mass is 1200 g/mol. The number of ether oxygens (including phenoxy) is 2. The van der Waals surface area contributed by atoms with Crippen LogP contribution in [0.15, 0.2) is 69.1 Å². The van der Waals surface area contributed by atoms with Gasteiger partial charge in [0.2, 0.25) is 5.82 Å². The van der Waals surface area contributed by atoms with Gasteiger partial charge in [-0.1, -0.05) is 39.5 Å². The molecule has 5 rings (SSSR count). The third kappa shape index (κ3) is 25.1. The van der Waals surface area contributed by atoms with E-state index in [2.05, 4.69) is 78.3 Å². The molecule has 2 aromatic carbocycles. The minimum Gasteiger partial charge on any atom is -1.00 e. The Balaban J connectivity index is 0. The second-order valence-electron chi connectivity index (χ2n) is 14.7. The second kappa shape index (κ2) is 38.1. The van der Waals surface area contributed by atoms with Gasteiger partial charge in [-0.2, -0.15) is 0 Å². The zero-order valence-corrected chi connectivity index (χ0v) is 49.6. The Hall–Kier alpha value is -3.54. The van der Waals surface area contributed by atoms with Crippen LogP contribution in [-0.4, -0.2) is 91.0 Å². The van der Waals surface area contributed by atoms with E-state index >= 15 is 0 Å². The molecule has 0 saturated carbocycles. The van der Waals surface area contributed by atoms with E-state index in [1.165, 1.54) is 24.3 Å². The van der Waals surface area contributed by atoms with Crippen LogP contribution in [0.1, 0.15) is 105 Å². The van der Waals surface area contributed by atoms with Gasteiger partial charge in [0.1, 0.15) is 40.4 Å². The molecule has 384 valence electrons. The first kappa shape index (κ1) is 66.5. The van der Waals surface area contributed by atoms with Gasteiger partial charge in [-0.25, -0.2) is 37.0 Å². The molecule has 0 unspecified atom stereocenters. The van der Waals surface area contributed by atoms with E-state index in [0.717, 1.165) is 29.4 Å². The SMILES string of the molecule is CC(C)OC(=O)NC(=N)CCCCCc1nonc1-c1noc(=O)n1-c1ccc(F)c(Br)c1.CC(C)OC(=O)NC(=N)CCCCCc1nonc1/C(Cc1ccc(F)c(Br)c1)=N/O.O=CO[O-].[2H]CF.[H-].[K+].[K+]. The third-order valence-corrected chi connectivity index (χ3v) is 9.97. The fourth-order valence-corrected chi connectivity index (χ4v) is 6.58. The first-order valence-electron chi connectivity index (χ1n) is 21.6. The number of halogens is 5. The van der Waals surface area contributed by atoms with Crippen molar-refractivity contribution >= 4 is 67.9 Å². The second-order valence-corrected chi connectivity index (χ2v) is 16.4. The molecule has 0 spiro atoms. The summed E-state index contributed by atoms with van der Waals surface area (Å²) in [5.41, 5.74) is 2.97. The molecular weight excluding hydrogens is 1150 g/mol. The zero-order chi connectivity index (χ0) is 52.9. The molecule has 30 heteroatoms. The van der Waals surface area contributed by atoms with Crippen LogP contribution >= 0.6 is 31.9 Å². The largest absolute Gasteiger partial charge is 1.00 e. The van der Waals surface area contributed by atoms with Gasteiger partial charge in [0.05, 0.1) is 35.4 Å². The van der Waals surface area contributed by atoms with Crippen LogP contribution in [0.5, 0.6) is 0 Å². The van der Waals surface area contributed by atoms with Crippen LogP contribution in [0.25, 0.3) is 17.2 Å². The molecule has 0 atom stereocenters. The molecule has 0 aliphatic carbocycles. The zero-order valence-electron chi connectivity index (χ0n) is 42.1. The number of hydrogen-bond acceptors (Lipinski definition) is 20. The molecule has 3 aromatic heterocycles. The Labute approximate surface area is 515 Å². The Morgan fingerprint density at radius 3 is 1.86 bits per heavy atom. The average molecular weight is 1200 g/mol. The summed E-state index contributed by atoms with van der Waals surface area (Å²) in [5.74, 6) is -1.34. The number of oxime groups is 1. The number of alkyl carbamates (subject to hydrolysis) is 2. The summed E-state index contributed by atoms with van der Waals surface area (Å²) in [6.07, 6.45) is 4.62. The maximum atomic E-state index is 13.6. The van der Waals surface area contributed by atoms with Crippen molar-refractivity contribution in [1.29, 1.82) is 10.8 Å². The molecule has 3 heterocycles. The van der Waals surface area contributed by atoms with Crippen LogP contribution in [-0.2, 0) is 38.4 Å². The molecule has 5 aromatic rings. The minimum absolute atomic E-state index is 0. The van der Waals surface area contributed by atoms with E-state index in [0.29, 0.717) is 72.2 Å². The summed E-state index contributed by atoms with van der Waals surface area (Å²) in [6, 6.07) is 8.57. The number of nitrogens with one attached hydrogen (secondary N) is 4. The number of aryl methyl sites for hydroxylation is 2.